The maximum Gasteiger partial charge on any atom is 0.0828 e. The molecule has 0 radical (unpaired) electrons. The predicted molar refractivity (Wildman–Crippen MR) is 114 cm³/mol. The second-order valence-corrected chi connectivity index (χ2v) is 9.47. The quantitative estimate of drug-likeness (QED) is 0.769. The standard InChI is InChI=1S/C22H35N3OS/c1-2-5-20(6-3-1)17-24-9-4-14-26-22(19-24)18-23-10-7-21(8-11-23)25-12-15-27-16-13-25/h1-3,5-6,21-22H,4,7-19H2. The molecule has 150 valence electrons. The Balaban J connectivity index is 1.23. The molecule has 3 aliphatic rings. The van der Waals surface area contributed by atoms with Crippen molar-refractivity contribution in [2.45, 2.75) is 38.0 Å². The summed E-state index contributed by atoms with van der Waals surface area (Å²) in [6, 6.07) is 11.7. The Morgan fingerprint density at radius 1 is 0.926 bits per heavy atom. The molecule has 0 saturated carbocycles. The molecule has 3 fully saturated rings. The Hall–Kier alpha value is -0.590. The summed E-state index contributed by atoms with van der Waals surface area (Å²) in [7, 11) is 0. The number of hydrogen-bond acceptors (Lipinski definition) is 5. The van der Waals surface area contributed by atoms with Crippen LogP contribution in [0.5, 0.6) is 0 Å². The molecule has 1 aromatic rings. The monoisotopic (exact) mass is 389 g/mol. The van der Waals surface area contributed by atoms with E-state index in [1.165, 1.54) is 56.1 Å². The first kappa shape index (κ1) is 19.7. The number of ether oxygens (including phenoxy) is 1. The molecule has 1 unspecified atom stereocenters. The van der Waals surface area contributed by atoms with Crippen LogP contribution in [0.3, 0.4) is 0 Å². The van der Waals surface area contributed by atoms with Crippen LogP contribution in [0.1, 0.15) is 24.8 Å². The summed E-state index contributed by atoms with van der Waals surface area (Å²) >= 11 is 2.12. The number of benzene rings is 1. The minimum atomic E-state index is 0.360. The molecule has 4 rings (SSSR count). The molecule has 3 heterocycles. The first-order valence-electron chi connectivity index (χ1n) is 10.8. The summed E-state index contributed by atoms with van der Waals surface area (Å²) in [5.74, 6) is 2.65. The van der Waals surface area contributed by atoms with Gasteiger partial charge in [-0.25, -0.2) is 0 Å². The van der Waals surface area contributed by atoms with Crippen molar-refractivity contribution in [2.75, 3.05) is 63.9 Å². The van der Waals surface area contributed by atoms with Crippen LogP contribution in [0, 0.1) is 0 Å². The van der Waals surface area contributed by atoms with Crippen LogP contribution in [0.2, 0.25) is 0 Å². The average molecular weight is 390 g/mol. The molecule has 5 heteroatoms. The molecule has 3 aliphatic heterocycles. The third-order valence-corrected chi connectivity index (χ3v) is 7.21. The van der Waals surface area contributed by atoms with Gasteiger partial charge in [0, 0.05) is 63.4 Å². The van der Waals surface area contributed by atoms with Crippen molar-refractivity contribution in [3.63, 3.8) is 0 Å². The lowest BCUT2D eigenvalue weighted by atomic mass is 10.0. The third-order valence-electron chi connectivity index (χ3n) is 6.26. The van der Waals surface area contributed by atoms with Crippen LogP contribution in [-0.4, -0.2) is 90.8 Å². The van der Waals surface area contributed by atoms with Gasteiger partial charge in [0.25, 0.3) is 0 Å². The molecular formula is C22H35N3OS. The Bertz CT molecular complexity index is 544. The van der Waals surface area contributed by atoms with E-state index < -0.39 is 0 Å². The smallest absolute Gasteiger partial charge is 0.0828 e. The highest BCUT2D eigenvalue weighted by molar-refractivity contribution is 7.99. The number of rotatable bonds is 5. The van der Waals surface area contributed by atoms with Gasteiger partial charge in [-0.2, -0.15) is 11.8 Å². The molecular weight excluding hydrogens is 354 g/mol. The van der Waals surface area contributed by atoms with E-state index in [1.54, 1.807) is 0 Å². The zero-order valence-corrected chi connectivity index (χ0v) is 17.4. The lowest BCUT2D eigenvalue weighted by Gasteiger charge is -2.41. The second-order valence-electron chi connectivity index (χ2n) is 8.25. The van der Waals surface area contributed by atoms with Crippen molar-refractivity contribution < 1.29 is 4.74 Å². The molecule has 0 aliphatic carbocycles. The fraction of sp³-hybridized carbons (Fsp3) is 0.727. The molecule has 0 bridgehead atoms. The Kier molecular flexibility index (Phi) is 7.49. The van der Waals surface area contributed by atoms with Gasteiger partial charge < -0.3 is 9.64 Å². The minimum Gasteiger partial charge on any atom is -0.376 e. The van der Waals surface area contributed by atoms with E-state index in [0.717, 1.165) is 45.2 Å². The van der Waals surface area contributed by atoms with Crippen molar-refractivity contribution >= 4 is 11.8 Å². The van der Waals surface area contributed by atoms with Crippen LogP contribution >= 0.6 is 11.8 Å². The largest absolute Gasteiger partial charge is 0.376 e. The fourth-order valence-electron chi connectivity index (χ4n) is 4.76. The molecule has 0 N–H and O–H groups in total. The van der Waals surface area contributed by atoms with Crippen LogP contribution in [0.15, 0.2) is 30.3 Å². The molecule has 1 aromatic carbocycles. The number of likely N-dealkylation sites (tertiary alicyclic amines) is 1. The zero-order valence-electron chi connectivity index (χ0n) is 16.6. The van der Waals surface area contributed by atoms with E-state index in [9.17, 15) is 0 Å². The van der Waals surface area contributed by atoms with E-state index in [1.807, 2.05) is 0 Å². The van der Waals surface area contributed by atoms with Crippen LogP contribution in [0.25, 0.3) is 0 Å². The number of thioether (sulfide) groups is 1. The van der Waals surface area contributed by atoms with E-state index in [2.05, 4.69) is 56.8 Å². The van der Waals surface area contributed by atoms with Crippen LogP contribution < -0.4 is 0 Å². The maximum atomic E-state index is 6.22. The van der Waals surface area contributed by atoms with Gasteiger partial charge in [-0.05, 0) is 37.9 Å². The highest BCUT2D eigenvalue weighted by atomic mass is 32.2. The lowest BCUT2D eigenvalue weighted by molar-refractivity contribution is 0.0135. The first-order chi connectivity index (χ1) is 13.4. The summed E-state index contributed by atoms with van der Waals surface area (Å²) in [4.78, 5) is 7.99. The van der Waals surface area contributed by atoms with Crippen molar-refractivity contribution in [1.82, 2.24) is 14.7 Å². The second kappa shape index (κ2) is 10.3. The van der Waals surface area contributed by atoms with Gasteiger partial charge in [-0.15, -0.1) is 0 Å². The summed E-state index contributed by atoms with van der Waals surface area (Å²) < 4.78 is 6.22. The Morgan fingerprint density at radius 3 is 2.48 bits per heavy atom. The summed E-state index contributed by atoms with van der Waals surface area (Å²) in [6.45, 7) is 10.4. The van der Waals surface area contributed by atoms with Crippen molar-refractivity contribution in [3.05, 3.63) is 35.9 Å². The van der Waals surface area contributed by atoms with Gasteiger partial charge in [0.15, 0.2) is 0 Å². The molecule has 3 saturated heterocycles. The zero-order chi connectivity index (χ0) is 18.3. The molecule has 4 nitrogen and oxygen atoms in total. The predicted octanol–water partition coefficient (Wildman–Crippen LogP) is 2.79. The average Bonchev–Trinajstić information content (AvgIpc) is 2.95. The van der Waals surface area contributed by atoms with Gasteiger partial charge in [-0.1, -0.05) is 30.3 Å². The van der Waals surface area contributed by atoms with Gasteiger partial charge in [0.05, 0.1) is 6.10 Å². The topological polar surface area (TPSA) is 19.0 Å². The molecule has 1 atom stereocenters. The number of piperidine rings is 1. The summed E-state index contributed by atoms with van der Waals surface area (Å²) in [5.41, 5.74) is 1.42. The van der Waals surface area contributed by atoms with E-state index in [4.69, 9.17) is 4.74 Å². The van der Waals surface area contributed by atoms with Crippen molar-refractivity contribution in [3.8, 4) is 0 Å². The highest BCUT2D eigenvalue weighted by Gasteiger charge is 2.28. The SMILES string of the molecule is c1ccc(CN2CCCOC(CN3CCC(N4CCSCC4)CC3)C2)cc1. The molecule has 0 aromatic heterocycles. The van der Waals surface area contributed by atoms with Crippen LogP contribution in [0.4, 0.5) is 0 Å². The molecule has 0 amide bonds. The van der Waals surface area contributed by atoms with E-state index >= 15 is 0 Å². The number of nitrogens with zero attached hydrogens (tertiary/aromatic N) is 3. The normalized spacial score (nSPS) is 27.5. The van der Waals surface area contributed by atoms with Gasteiger partial charge in [0.2, 0.25) is 0 Å². The number of hydrogen-bond donors (Lipinski definition) is 0. The lowest BCUT2D eigenvalue weighted by Crippen LogP contribution is -2.49. The van der Waals surface area contributed by atoms with Gasteiger partial charge in [0.1, 0.15) is 0 Å². The Morgan fingerprint density at radius 2 is 1.70 bits per heavy atom. The third kappa shape index (κ3) is 5.94. The van der Waals surface area contributed by atoms with Gasteiger partial charge >= 0.3 is 0 Å². The van der Waals surface area contributed by atoms with Crippen molar-refractivity contribution in [2.24, 2.45) is 0 Å². The molecule has 27 heavy (non-hydrogen) atoms. The van der Waals surface area contributed by atoms with Crippen molar-refractivity contribution in [1.29, 1.82) is 0 Å². The first-order valence-corrected chi connectivity index (χ1v) is 11.9. The van der Waals surface area contributed by atoms with Gasteiger partial charge in [-0.3, -0.25) is 9.80 Å². The highest BCUT2D eigenvalue weighted by Crippen LogP contribution is 2.21. The van der Waals surface area contributed by atoms with Crippen LogP contribution in [-0.2, 0) is 11.3 Å². The van der Waals surface area contributed by atoms with E-state index in [-0.39, 0.29) is 0 Å². The maximum absolute atomic E-state index is 6.22. The Labute approximate surface area is 169 Å². The summed E-state index contributed by atoms with van der Waals surface area (Å²) in [5, 5.41) is 0. The summed E-state index contributed by atoms with van der Waals surface area (Å²) in [6.07, 6.45) is 4.19. The molecule has 0 spiro atoms. The minimum absolute atomic E-state index is 0.360. The fourth-order valence-corrected chi connectivity index (χ4v) is 5.69. The van der Waals surface area contributed by atoms with E-state index in [0.29, 0.717) is 6.10 Å².